The van der Waals surface area contributed by atoms with Gasteiger partial charge in [-0.15, -0.1) is 0 Å². The highest BCUT2D eigenvalue weighted by molar-refractivity contribution is 4.43. The van der Waals surface area contributed by atoms with Gasteiger partial charge in [0.15, 0.2) is 0 Å². The van der Waals surface area contributed by atoms with Crippen LogP contribution < -0.4 is 0 Å². The van der Waals surface area contributed by atoms with Crippen molar-refractivity contribution in [2.75, 3.05) is 13.2 Å². The van der Waals surface area contributed by atoms with Crippen LogP contribution in [0.2, 0.25) is 0 Å². The molecule has 0 amide bonds. The predicted octanol–water partition coefficient (Wildman–Crippen LogP) is 2.21. The first-order chi connectivity index (χ1) is 3.91. The highest BCUT2D eigenvalue weighted by Crippen LogP contribution is 1.98. The van der Waals surface area contributed by atoms with E-state index >= 15 is 0 Å². The van der Waals surface area contributed by atoms with Gasteiger partial charge in [-0.25, -0.2) is 0 Å². The molecule has 0 N–H and O–H groups in total. The molecule has 0 aromatic heterocycles. The Morgan fingerprint density at radius 3 is 1.62 bits per heavy atom. The van der Waals surface area contributed by atoms with Crippen LogP contribution in [0, 0.1) is 0 Å². The van der Waals surface area contributed by atoms with E-state index < -0.39 is 0 Å². The molecule has 1 saturated heterocycles. The molecule has 0 aromatic rings. The van der Waals surface area contributed by atoms with E-state index in [-0.39, 0.29) is 0 Å². The lowest BCUT2D eigenvalue weighted by atomic mass is 10.4. The van der Waals surface area contributed by atoms with Gasteiger partial charge in [0, 0.05) is 13.2 Å². The van der Waals surface area contributed by atoms with Gasteiger partial charge in [0.2, 0.25) is 0 Å². The van der Waals surface area contributed by atoms with Crippen LogP contribution in [0.25, 0.3) is 0 Å². The Morgan fingerprint density at radius 2 is 1.50 bits per heavy atom. The van der Waals surface area contributed by atoms with Crippen molar-refractivity contribution in [2.24, 2.45) is 0 Å². The second-order valence-electron chi connectivity index (χ2n) is 2.03. The van der Waals surface area contributed by atoms with Gasteiger partial charge in [-0.2, -0.15) is 0 Å². The van der Waals surface area contributed by atoms with E-state index in [0.717, 1.165) is 13.2 Å². The van der Waals surface area contributed by atoms with Crippen LogP contribution in [-0.2, 0) is 4.74 Å². The molecule has 1 heterocycles. The van der Waals surface area contributed by atoms with Gasteiger partial charge in [0.05, 0.1) is 0 Å². The van der Waals surface area contributed by atoms with E-state index in [2.05, 4.69) is 13.8 Å². The van der Waals surface area contributed by atoms with E-state index in [1.165, 1.54) is 19.3 Å². The summed E-state index contributed by atoms with van der Waals surface area (Å²) in [4.78, 5) is 0. The first-order valence-corrected chi connectivity index (χ1v) is 3.49. The Bertz CT molecular complexity index is 23.8. The first kappa shape index (κ1) is 7.96. The Labute approximate surface area is 52.0 Å². The fourth-order valence-corrected chi connectivity index (χ4v) is 0.510. The van der Waals surface area contributed by atoms with Crippen LogP contribution in [0.15, 0.2) is 0 Å². The number of hydrogen-bond acceptors (Lipinski definition) is 1. The summed E-state index contributed by atoms with van der Waals surface area (Å²) in [6.45, 7) is 6.25. The average molecular weight is 116 g/mol. The summed E-state index contributed by atoms with van der Waals surface area (Å²) in [6.07, 6.45) is 3.81. The normalized spacial score (nSPS) is 17.2. The molecule has 1 aliphatic heterocycles. The van der Waals surface area contributed by atoms with Crippen molar-refractivity contribution >= 4 is 0 Å². The van der Waals surface area contributed by atoms with E-state index in [4.69, 9.17) is 4.74 Å². The first-order valence-electron chi connectivity index (χ1n) is 3.49. The molecule has 0 saturated carbocycles. The molecule has 8 heavy (non-hydrogen) atoms. The molecule has 0 aromatic carbocycles. The van der Waals surface area contributed by atoms with Crippen molar-refractivity contribution in [3.63, 3.8) is 0 Å². The molecule has 1 rings (SSSR count). The third-order valence-electron chi connectivity index (χ3n) is 0.827. The van der Waals surface area contributed by atoms with Crippen molar-refractivity contribution in [1.29, 1.82) is 0 Å². The van der Waals surface area contributed by atoms with E-state index in [1.807, 2.05) is 0 Å². The van der Waals surface area contributed by atoms with Crippen molar-refractivity contribution < 1.29 is 4.74 Å². The predicted molar refractivity (Wildman–Crippen MR) is 36.0 cm³/mol. The topological polar surface area (TPSA) is 9.23 Å². The Kier molecular flexibility index (Phi) is 6.93. The fourth-order valence-electron chi connectivity index (χ4n) is 0.510. The number of hydrogen-bond donors (Lipinski definition) is 0. The van der Waals surface area contributed by atoms with Gasteiger partial charge in [-0.3, -0.25) is 0 Å². The average Bonchev–Trinajstić information content (AvgIpc) is 2.17. The maximum Gasteiger partial charge on any atom is 0.0466 e. The van der Waals surface area contributed by atoms with Crippen LogP contribution in [0.3, 0.4) is 0 Å². The lowest BCUT2D eigenvalue weighted by Crippen LogP contribution is -1.74. The minimum Gasteiger partial charge on any atom is -0.381 e. The summed E-state index contributed by atoms with van der Waals surface area (Å²) in [6, 6.07) is 0. The smallest absolute Gasteiger partial charge is 0.0466 e. The van der Waals surface area contributed by atoms with Gasteiger partial charge < -0.3 is 4.74 Å². The van der Waals surface area contributed by atoms with Crippen LogP contribution in [0.1, 0.15) is 33.1 Å². The van der Waals surface area contributed by atoms with Gasteiger partial charge in [0.25, 0.3) is 0 Å². The molecule has 0 aliphatic carbocycles. The zero-order valence-electron chi connectivity index (χ0n) is 5.94. The van der Waals surface area contributed by atoms with Gasteiger partial charge >= 0.3 is 0 Å². The highest BCUT2D eigenvalue weighted by atomic mass is 16.5. The van der Waals surface area contributed by atoms with E-state index in [0.29, 0.717) is 0 Å². The summed E-state index contributed by atoms with van der Waals surface area (Å²) in [5.74, 6) is 0. The molecule has 0 bridgehead atoms. The largest absolute Gasteiger partial charge is 0.381 e. The summed E-state index contributed by atoms with van der Waals surface area (Å²) < 4.78 is 4.94. The lowest BCUT2D eigenvalue weighted by Gasteiger charge is -1.76. The van der Waals surface area contributed by atoms with Gasteiger partial charge in [-0.05, 0) is 12.8 Å². The third kappa shape index (κ3) is 5.96. The second-order valence-corrected chi connectivity index (χ2v) is 2.03. The van der Waals surface area contributed by atoms with Crippen LogP contribution >= 0.6 is 0 Å². The summed E-state index contributed by atoms with van der Waals surface area (Å²) in [7, 11) is 0. The van der Waals surface area contributed by atoms with E-state index in [1.54, 1.807) is 0 Å². The zero-order valence-corrected chi connectivity index (χ0v) is 5.94. The van der Waals surface area contributed by atoms with Crippen LogP contribution in [-0.4, -0.2) is 13.2 Å². The molecule has 1 fully saturated rings. The number of rotatable bonds is 0. The molecule has 1 aliphatic rings. The summed E-state index contributed by atoms with van der Waals surface area (Å²) in [5, 5.41) is 0. The molecule has 0 atom stereocenters. The molecule has 0 spiro atoms. The second kappa shape index (κ2) is 6.96. The highest BCUT2D eigenvalue weighted by Gasteiger charge is 1.94. The summed E-state index contributed by atoms with van der Waals surface area (Å²) >= 11 is 0. The van der Waals surface area contributed by atoms with Crippen molar-refractivity contribution in [3.05, 3.63) is 0 Å². The quantitative estimate of drug-likeness (QED) is 0.471. The van der Waals surface area contributed by atoms with E-state index in [9.17, 15) is 0 Å². The molecule has 50 valence electrons. The van der Waals surface area contributed by atoms with Gasteiger partial charge in [0.1, 0.15) is 0 Å². The SMILES string of the molecule is C1CCOC1.CCC. The van der Waals surface area contributed by atoms with Crippen LogP contribution in [0.4, 0.5) is 0 Å². The number of ether oxygens (including phenoxy) is 1. The Balaban J connectivity index is 0.000000145. The molecule has 0 radical (unpaired) electrons. The fraction of sp³-hybridized carbons (Fsp3) is 1.00. The Morgan fingerprint density at radius 1 is 1.12 bits per heavy atom. The molecule has 1 heteroatoms. The monoisotopic (exact) mass is 116 g/mol. The minimum absolute atomic E-state index is 1.00. The third-order valence-corrected chi connectivity index (χ3v) is 0.827. The van der Waals surface area contributed by atoms with Crippen molar-refractivity contribution in [2.45, 2.75) is 33.1 Å². The standard InChI is InChI=1S/C4H8O.C3H8/c1-2-4-5-3-1;1-3-2/h1-4H2;3H2,1-2H3. The molecule has 1 nitrogen and oxygen atoms in total. The molecular formula is C7H16O. The van der Waals surface area contributed by atoms with Crippen LogP contribution in [0.5, 0.6) is 0 Å². The van der Waals surface area contributed by atoms with Gasteiger partial charge in [-0.1, -0.05) is 20.3 Å². The maximum absolute atomic E-state index is 4.94. The van der Waals surface area contributed by atoms with Crippen molar-refractivity contribution in [1.82, 2.24) is 0 Å². The summed E-state index contributed by atoms with van der Waals surface area (Å²) in [5.41, 5.74) is 0. The zero-order chi connectivity index (χ0) is 6.24. The molecule has 0 unspecified atom stereocenters. The Hall–Kier alpha value is -0.0400. The maximum atomic E-state index is 4.94. The molecular weight excluding hydrogens is 100 g/mol. The lowest BCUT2D eigenvalue weighted by molar-refractivity contribution is 0.198. The van der Waals surface area contributed by atoms with Crippen molar-refractivity contribution in [3.8, 4) is 0 Å². The minimum atomic E-state index is 1.00.